The van der Waals surface area contributed by atoms with Crippen LogP contribution < -0.4 is 9.64 Å². The highest BCUT2D eigenvalue weighted by atomic mass is 16.5. The Bertz CT molecular complexity index is 724. The SMILES string of the molecule is CCCOc1ccc(C)cc1C(=O)CN1CCCc2ccccc21. The maximum Gasteiger partial charge on any atom is 0.185 e. The van der Waals surface area contributed by atoms with E-state index in [1.165, 1.54) is 11.3 Å². The Morgan fingerprint density at radius 1 is 1.21 bits per heavy atom. The van der Waals surface area contributed by atoms with Crippen LogP contribution in [0.3, 0.4) is 0 Å². The fraction of sp³-hybridized carbons (Fsp3) is 0.381. The van der Waals surface area contributed by atoms with Crippen LogP contribution in [0.1, 0.15) is 41.3 Å². The summed E-state index contributed by atoms with van der Waals surface area (Å²) in [5.74, 6) is 0.833. The average molecular weight is 323 g/mol. The summed E-state index contributed by atoms with van der Waals surface area (Å²) in [6.07, 6.45) is 3.12. The number of carbonyl (C=O) groups excluding carboxylic acids is 1. The van der Waals surface area contributed by atoms with Gasteiger partial charge in [-0.1, -0.05) is 36.8 Å². The summed E-state index contributed by atoms with van der Waals surface area (Å²) in [5, 5.41) is 0. The Hall–Kier alpha value is -2.29. The van der Waals surface area contributed by atoms with Crippen molar-refractivity contribution in [1.82, 2.24) is 0 Å². The summed E-state index contributed by atoms with van der Waals surface area (Å²) in [5.41, 5.74) is 4.32. The number of hydrogen-bond donors (Lipinski definition) is 0. The minimum atomic E-state index is 0.126. The molecule has 0 aromatic heterocycles. The fourth-order valence-corrected chi connectivity index (χ4v) is 3.23. The second-order valence-electron chi connectivity index (χ2n) is 6.43. The van der Waals surface area contributed by atoms with Crippen LogP contribution in [0.2, 0.25) is 0 Å². The molecule has 0 spiro atoms. The molecule has 24 heavy (non-hydrogen) atoms. The van der Waals surface area contributed by atoms with Crippen LogP contribution >= 0.6 is 0 Å². The van der Waals surface area contributed by atoms with Crippen molar-refractivity contribution < 1.29 is 9.53 Å². The predicted molar refractivity (Wildman–Crippen MR) is 98.3 cm³/mol. The number of aryl methyl sites for hydroxylation is 2. The summed E-state index contributed by atoms with van der Waals surface area (Å²) < 4.78 is 5.78. The second-order valence-corrected chi connectivity index (χ2v) is 6.43. The summed E-state index contributed by atoms with van der Waals surface area (Å²) in [6, 6.07) is 14.3. The van der Waals surface area contributed by atoms with Crippen molar-refractivity contribution in [3.05, 3.63) is 59.2 Å². The molecule has 0 radical (unpaired) electrons. The van der Waals surface area contributed by atoms with E-state index < -0.39 is 0 Å². The molecular weight excluding hydrogens is 298 g/mol. The monoisotopic (exact) mass is 323 g/mol. The zero-order valence-corrected chi connectivity index (χ0v) is 14.5. The third-order valence-corrected chi connectivity index (χ3v) is 4.44. The van der Waals surface area contributed by atoms with Gasteiger partial charge >= 0.3 is 0 Å². The van der Waals surface area contributed by atoms with Gasteiger partial charge in [0, 0.05) is 12.2 Å². The molecule has 0 aliphatic carbocycles. The van der Waals surface area contributed by atoms with Crippen LogP contribution in [0, 0.1) is 6.92 Å². The van der Waals surface area contributed by atoms with E-state index in [9.17, 15) is 4.79 Å². The molecule has 0 bridgehead atoms. The Morgan fingerprint density at radius 2 is 2.04 bits per heavy atom. The lowest BCUT2D eigenvalue weighted by atomic mass is 10.0. The number of carbonyl (C=O) groups is 1. The second kappa shape index (κ2) is 7.52. The van der Waals surface area contributed by atoms with E-state index in [1.54, 1.807) is 0 Å². The highest BCUT2D eigenvalue weighted by molar-refractivity contribution is 6.01. The lowest BCUT2D eigenvalue weighted by Gasteiger charge is -2.30. The predicted octanol–water partition coefficient (Wildman–Crippen LogP) is 4.42. The summed E-state index contributed by atoms with van der Waals surface area (Å²) in [4.78, 5) is 15.1. The van der Waals surface area contributed by atoms with Crippen molar-refractivity contribution in [3.8, 4) is 5.75 Å². The van der Waals surface area contributed by atoms with E-state index in [2.05, 4.69) is 30.0 Å². The van der Waals surface area contributed by atoms with Gasteiger partial charge in [0.1, 0.15) is 5.75 Å². The van der Waals surface area contributed by atoms with Gasteiger partial charge in [-0.2, -0.15) is 0 Å². The maximum atomic E-state index is 12.9. The molecule has 0 N–H and O–H groups in total. The molecule has 1 aliphatic heterocycles. The normalized spacial score (nSPS) is 13.5. The van der Waals surface area contributed by atoms with Crippen LogP contribution in [0.25, 0.3) is 0 Å². The molecule has 0 atom stereocenters. The van der Waals surface area contributed by atoms with E-state index in [0.29, 0.717) is 24.5 Å². The van der Waals surface area contributed by atoms with Gasteiger partial charge in [-0.25, -0.2) is 0 Å². The average Bonchev–Trinajstić information content (AvgIpc) is 2.61. The lowest BCUT2D eigenvalue weighted by Crippen LogP contribution is -2.34. The number of para-hydroxylation sites is 1. The zero-order chi connectivity index (χ0) is 16.9. The highest BCUT2D eigenvalue weighted by Crippen LogP contribution is 2.28. The Labute approximate surface area is 144 Å². The minimum absolute atomic E-state index is 0.126. The smallest absolute Gasteiger partial charge is 0.185 e. The zero-order valence-electron chi connectivity index (χ0n) is 14.5. The summed E-state index contributed by atoms with van der Waals surface area (Å²) in [7, 11) is 0. The number of nitrogens with zero attached hydrogens (tertiary/aromatic N) is 1. The third kappa shape index (κ3) is 3.61. The van der Waals surface area contributed by atoms with Gasteiger partial charge in [0.05, 0.1) is 18.7 Å². The van der Waals surface area contributed by atoms with Gasteiger partial charge in [-0.05, 0) is 49.9 Å². The molecule has 2 aromatic carbocycles. The Balaban J connectivity index is 1.82. The number of fused-ring (bicyclic) bond motifs is 1. The first-order valence-electron chi connectivity index (χ1n) is 8.78. The summed E-state index contributed by atoms with van der Waals surface area (Å²) >= 11 is 0. The molecule has 0 amide bonds. The van der Waals surface area contributed by atoms with Crippen molar-refractivity contribution in [2.75, 3.05) is 24.6 Å². The van der Waals surface area contributed by atoms with Gasteiger partial charge in [-0.3, -0.25) is 4.79 Å². The first-order valence-corrected chi connectivity index (χ1v) is 8.78. The number of ketones is 1. The first kappa shape index (κ1) is 16.6. The van der Waals surface area contributed by atoms with Crippen molar-refractivity contribution in [1.29, 1.82) is 0 Å². The van der Waals surface area contributed by atoms with E-state index >= 15 is 0 Å². The van der Waals surface area contributed by atoms with E-state index in [4.69, 9.17) is 4.74 Å². The highest BCUT2D eigenvalue weighted by Gasteiger charge is 2.21. The molecule has 0 saturated carbocycles. The van der Waals surface area contributed by atoms with Crippen molar-refractivity contribution in [2.45, 2.75) is 33.1 Å². The van der Waals surface area contributed by atoms with Gasteiger partial charge in [0.2, 0.25) is 0 Å². The lowest BCUT2D eigenvalue weighted by molar-refractivity contribution is 0.0994. The topological polar surface area (TPSA) is 29.5 Å². The van der Waals surface area contributed by atoms with Gasteiger partial charge in [0.15, 0.2) is 5.78 Å². The van der Waals surface area contributed by atoms with E-state index in [0.717, 1.165) is 31.4 Å². The van der Waals surface area contributed by atoms with Crippen LogP contribution in [0.4, 0.5) is 5.69 Å². The molecule has 0 saturated heterocycles. The first-order chi connectivity index (χ1) is 11.7. The number of rotatable bonds is 6. The molecular formula is C21H25NO2. The van der Waals surface area contributed by atoms with Crippen molar-refractivity contribution >= 4 is 11.5 Å². The number of benzene rings is 2. The van der Waals surface area contributed by atoms with Gasteiger partial charge < -0.3 is 9.64 Å². The molecule has 3 rings (SSSR count). The summed E-state index contributed by atoms with van der Waals surface area (Å²) in [6.45, 7) is 6.05. The van der Waals surface area contributed by atoms with Crippen molar-refractivity contribution in [3.63, 3.8) is 0 Å². The molecule has 2 aromatic rings. The molecule has 0 unspecified atom stereocenters. The quantitative estimate of drug-likeness (QED) is 0.737. The fourth-order valence-electron chi connectivity index (χ4n) is 3.23. The molecule has 126 valence electrons. The number of anilines is 1. The molecule has 3 nitrogen and oxygen atoms in total. The molecule has 3 heteroatoms. The molecule has 0 fully saturated rings. The van der Waals surface area contributed by atoms with Crippen LogP contribution in [-0.4, -0.2) is 25.5 Å². The standard InChI is InChI=1S/C21H25NO2/c1-3-13-24-21-11-10-16(2)14-18(21)20(23)15-22-12-6-8-17-7-4-5-9-19(17)22/h4-5,7,9-11,14H,3,6,8,12-13,15H2,1-2H3. The molecule has 1 heterocycles. The van der Waals surface area contributed by atoms with Crippen LogP contribution in [-0.2, 0) is 6.42 Å². The Morgan fingerprint density at radius 3 is 2.88 bits per heavy atom. The number of hydrogen-bond acceptors (Lipinski definition) is 3. The number of ether oxygens (including phenoxy) is 1. The van der Waals surface area contributed by atoms with Crippen LogP contribution in [0.5, 0.6) is 5.75 Å². The van der Waals surface area contributed by atoms with Gasteiger partial charge in [0.25, 0.3) is 0 Å². The van der Waals surface area contributed by atoms with Gasteiger partial charge in [-0.15, -0.1) is 0 Å². The van der Waals surface area contributed by atoms with Crippen LogP contribution in [0.15, 0.2) is 42.5 Å². The molecule has 1 aliphatic rings. The van der Waals surface area contributed by atoms with E-state index in [-0.39, 0.29) is 5.78 Å². The van der Waals surface area contributed by atoms with Crippen molar-refractivity contribution in [2.24, 2.45) is 0 Å². The van der Waals surface area contributed by atoms with E-state index in [1.807, 2.05) is 31.2 Å². The third-order valence-electron chi connectivity index (χ3n) is 4.44. The number of Topliss-reactive ketones (excluding diaryl/α,β-unsaturated/α-hetero) is 1. The largest absolute Gasteiger partial charge is 0.493 e. The minimum Gasteiger partial charge on any atom is -0.493 e. The Kier molecular flexibility index (Phi) is 5.19. The maximum absolute atomic E-state index is 12.9.